The van der Waals surface area contributed by atoms with E-state index in [1.165, 1.54) is 6.92 Å². The van der Waals surface area contributed by atoms with E-state index in [1.54, 1.807) is 37.8 Å². The zero-order chi connectivity index (χ0) is 21.6. The number of methoxy groups -OCH3 is 1. The van der Waals surface area contributed by atoms with Crippen LogP contribution in [0.2, 0.25) is 0 Å². The summed E-state index contributed by atoms with van der Waals surface area (Å²) < 4.78 is 10.6. The van der Waals surface area contributed by atoms with Gasteiger partial charge in [0.15, 0.2) is 0 Å². The number of aromatic nitrogens is 4. The van der Waals surface area contributed by atoms with E-state index in [0.29, 0.717) is 24.8 Å². The molecule has 0 saturated carbocycles. The van der Waals surface area contributed by atoms with Gasteiger partial charge in [0.2, 0.25) is 5.91 Å². The number of carbonyl (C=O) groups is 1. The number of hydrogen-bond donors (Lipinski definition) is 2. The zero-order valence-corrected chi connectivity index (χ0v) is 17.5. The molecule has 0 aromatic carbocycles. The highest BCUT2D eigenvalue weighted by Crippen LogP contribution is 2.31. The second-order valence-electron chi connectivity index (χ2n) is 7.27. The Kier molecular flexibility index (Phi) is 6.44. The van der Waals surface area contributed by atoms with Crippen molar-refractivity contribution in [2.75, 3.05) is 31.0 Å². The van der Waals surface area contributed by atoms with Gasteiger partial charge in [-0.1, -0.05) is 6.07 Å². The standard InChI is InChI=1S/C22H24N6O3/c1-14(29)26-21-9-19(17(11-25-21)18-4-3-15(10-24-18)12-30-2)27-20-5-7-23-22(28-20)16-6-8-31-13-16/h3-5,7,9-11,16H,6,8,12-13H2,1-2H3,(H2,23,25,26,27,28,29). The molecule has 31 heavy (non-hydrogen) atoms. The molecular weight excluding hydrogens is 396 g/mol. The van der Waals surface area contributed by atoms with Gasteiger partial charge in [-0.3, -0.25) is 9.78 Å². The predicted octanol–water partition coefficient (Wildman–Crippen LogP) is 3.29. The molecule has 4 heterocycles. The maximum atomic E-state index is 11.5. The predicted molar refractivity (Wildman–Crippen MR) is 116 cm³/mol. The Morgan fingerprint density at radius 2 is 2.10 bits per heavy atom. The maximum absolute atomic E-state index is 11.5. The van der Waals surface area contributed by atoms with Gasteiger partial charge in [0.05, 0.1) is 24.6 Å². The number of pyridine rings is 2. The molecule has 160 valence electrons. The van der Waals surface area contributed by atoms with Crippen LogP contribution in [-0.2, 0) is 20.9 Å². The fraction of sp³-hybridized carbons (Fsp3) is 0.318. The van der Waals surface area contributed by atoms with Crippen molar-refractivity contribution in [1.82, 2.24) is 19.9 Å². The van der Waals surface area contributed by atoms with Gasteiger partial charge in [-0.2, -0.15) is 0 Å². The van der Waals surface area contributed by atoms with Gasteiger partial charge in [0.25, 0.3) is 0 Å². The largest absolute Gasteiger partial charge is 0.381 e. The lowest BCUT2D eigenvalue weighted by molar-refractivity contribution is -0.114. The van der Waals surface area contributed by atoms with Crippen LogP contribution < -0.4 is 10.6 Å². The van der Waals surface area contributed by atoms with Gasteiger partial charge in [-0.25, -0.2) is 15.0 Å². The van der Waals surface area contributed by atoms with Crippen molar-refractivity contribution in [1.29, 1.82) is 0 Å². The summed E-state index contributed by atoms with van der Waals surface area (Å²) in [6.07, 6.45) is 6.09. The number of rotatable bonds is 7. The lowest BCUT2D eigenvalue weighted by atomic mass is 10.1. The van der Waals surface area contributed by atoms with Crippen molar-refractivity contribution in [2.24, 2.45) is 0 Å². The number of carbonyl (C=O) groups excluding carboxylic acids is 1. The summed E-state index contributed by atoms with van der Waals surface area (Å²) in [7, 11) is 1.65. The number of ether oxygens (including phenoxy) is 2. The van der Waals surface area contributed by atoms with Crippen molar-refractivity contribution in [2.45, 2.75) is 25.9 Å². The number of nitrogens with zero attached hydrogens (tertiary/aromatic N) is 4. The summed E-state index contributed by atoms with van der Waals surface area (Å²) in [5.74, 6) is 1.84. The molecule has 0 aliphatic carbocycles. The molecule has 3 aromatic heterocycles. The van der Waals surface area contributed by atoms with Crippen molar-refractivity contribution >= 4 is 23.2 Å². The van der Waals surface area contributed by atoms with E-state index < -0.39 is 0 Å². The molecule has 1 aliphatic rings. The second kappa shape index (κ2) is 9.59. The van der Waals surface area contributed by atoms with Crippen molar-refractivity contribution in [3.8, 4) is 11.3 Å². The molecule has 1 amide bonds. The minimum atomic E-state index is -0.196. The first-order valence-electron chi connectivity index (χ1n) is 10.0. The second-order valence-corrected chi connectivity index (χ2v) is 7.27. The molecule has 0 radical (unpaired) electrons. The first-order valence-corrected chi connectivity index (χ1v) is 10.0. The van der Waals surface area contributed by atoms with Crippen LogP contribution in [-0.4, -0.2) is 46.2 Å². The number of anilines is 3. The first-order chi connectivity index (χ1) is 15.1. The molecule has 0 spiro atoms. The topological polar surface area (TPSA) is 111 Å². The molecule has 1 saturated heterocycles. The number of hydrogen-bond acceptors (Lipinski definition) is 8. The molecule has 1 unspecified atom stereocenters. The third-order valence-corrected chi connectivity index (χ3v) is 4.85. The van der Waals surface area contributed by atoms with E-state index in [9.17, 15) is 4.79 Å². The summed E-state index contributed by atoms with van der Waals surface area (Å²) in [6.45, 7) is 3.30. The molecule has 0 bridgehead atoms. The average Bonchev–Trinajstić information content (AvgIpc) is 3.30. The molecule has 9 heteroatoms. The van der Waals surface area contributed by atoms with E-state index in [4.69, 9.17) is 9.47 Å². The Labute approximate surface area is 180 Å². The molecular formula is C22H24N6O3. The van der Waals surface area contributed by atoms with Crippen LogP contribution in [0.3, 0.4) is 0 Å². The molecule has 1 fully saturated rings. The molecule has 4 rings (SSSR count). The summed E-state index contributed by atoms with van der Waals surface area (Å²) in [4.78, 5) is 29.5. The highest BCUT2D eigenvalue weighted by atomic mass is 16.5. The van der Waals surface area contributed by atoms with Gasteiger partial charge in [-0.05, 0) is 24.1 Å². The van der Waals surface area contributed by atoms with Crippen LogP contribution in [0, 0.1) is 0 Å². The van der Waals surface area contributed by atoms with E-state index in [2.05, 4.69) is 30.6 Å². The lowest BCUT2D eigenvalue weighted by Gasteiger charge is -2.14. The molecule has 1 atom stereocenters. The van der Waals surface area contributed by atoms with Crippen LogP contribution >= 0.6 is 0 Å². The van der Waals surface area contributed by atoms with Crippen LogP contribution in [0.4, 0.5) is 17.3 Å². The lowest BCUT2D eigenvalue weighted by Crippen LogP contribution is -2.09. The molecule has 9 nitrogen and oxygen atoms in total. The van der Waals surface area contributed by atoms with Crippen molar-refractivity contribution < 1.29 is 14.3 Å². The number of amides is 1. The Bertz CT molecular complexity index is 1050. The van der Waals surface area contributed by atoms with E-state index in [-0.39, 0.29) is 11.8 Å². The van der Waals surface area contributed by atoms with Gasteiger partial charge >= 0.3 is 0 Å². The highest BCUT2D eigenvalue weighted by molar-refractivity contribution is 5.89. The van der Waals surface area contributed by atoms with Gasteiger partial charge in [-0.15, -0.1) is 0 Å². The SMILES string of the molecule is COCc1ccc(-c2cnc(NC(C)=O)cc2Nc2ccnc(C3CCOC3)n2)nc1. The van der Waals surface area contributed by atoms with Crippen LogP contribution in [0.1, 0.15) is 30.7 Å². The Hall–Kier alpha value is -3.43. The van der Waals surface area contributed by atoms with Crippen LogP contribution in [0.25, 0.3) is 11.3 Å². The smallest absolute Gasteiger partial charge is 0.222 e. The zero-order valence-electron chi connectivity index (χ0n) is 17.5. The fourth-order valence-corrected chi connectivity index (χ4v) is 3.36. The molecule has 3 aromatic rings. The van der Waals surface area contributed by atoms with Crippen LogP contribution in [0.15, 0.2) is 42.9 Å². The molecule has 2 N–H and O–H groups in total. The third kappa shape index (κ3) is 5.19. The Balaban J connectivity index is 1.67. The Morgan fingerprint density at radius 1 is 1.19 bits per heavy atom. The average molecular weight is 420 g/mol. The molecule has 1 aliphatic heterocycles. The Morgan fingerprint density at radius 3 is 2.81 bits per heavy atom. The van der Waals surface area contributed by atoms with E-state index in [1.807, 2.05) is 12.1 Å². The number of nitrogens with one attached hydrogen (secondary N) is 2. The summed E-state index contributed by atoms with van der Waals surface area (Å²) in [5.41, 5.74) is 3.21. The van der Waals surface area contributed by atoms with Gasteiger partial charge in [0, 0.05) is 56.8 Å². The van der Waals surface area contributed by atoms with E-state index in [0.717, 1.165) is 41.4 Å². The van der Waals surface area contributed by atoms with Gasteiger partial charge < -0.3 is 20.1 Å². The summed E-state index contributed by atoms with van der Waals surface area (Å²) in [6, 6.07) is 7.44. The maximum Gasteiger partial charge on any atom is 0.222 e. The quantitative estimate of drug-likeness (QED) is 0.599. The fourth-order valence-electron chi connectivity index (χ4n) is 3.36. The van der Waals surface area contributed by atoms with Gasteiger partial charge in [0.1, 0.15) is 17.5 Å². The highest BCUT2D eigenvalue weighted by Gasteiger charge is 2.21. The van der Waals surface area contributed by atoms with Crippen molar-refractivity contribution in [3.05, 3.63) is 54.2 Å². The monoisotopic (exact) mass is 420 g/mol. The normalized spacial score (nSPS) is 15.6. The summed E-state index contributed by atoms with van der Waals surface area (Å²) in [5, 5.41) is 6.06. The van der Waals surface area contributed by atoms with E-state index >= 15 is 0 Å². The first kappa shape index (κ1) is 20.8. The third-order valence-electron chi connectivity index (χ3n) is 4.85. The minimum Gasteiger partial charge on any atom is -0.381 e. The van der Waals surface area contributed by atoms with Crippen LogP contribution in [0.5, 0.6) is 0 Å². The summed E-state index contributed by atoms with van der Waals surface area (Å²) >= 11 is 0. The van der Waals surface area contributed by atoms with Crippen molar-refractivity contribution in [3.63, 3.8) is 0 Å². The minimum absolute atomic E-state index is 0.196.